The second-order valence-electron chi connectivity index (χ2n) is 5.71. The second kappa shape index (κ2) is 6.60. The van der Waals surface area contributed by atoms with Crippen LogP contribution in [0.25, 0.3) is 22.3 Å². The van der Waals surface area contributed by atoms with E-state index < -0.39 is 4.92 Å². The number of nitro groups is 1. The number of non-ortho nitro benzene ring substituents is 1. The third-order valence-corrected chi connectivity index (χ3v) is 3.96. The van der Waals surface area contributed by atoms with Gasteiger partial charge in [0.25, 0.3) is 5.69 Å². The van der Waals surface area contributed by atoms with Crippen LogP contribution in [0.5, 0.6) is 0 Å². The van der Waals surface area contributed by atoms with Crippen molar-refractivity contribution in [3.05, 3.63) is 89.0 Å². The normalized spacial score (nSPS) is 10.6. The second-order valence-corrected chi connectivity index (χ2v) is 5.71. The Hall–Kier alpha value is -3.80. The number of nitrogens with zero attached hydrogens (tertiary/aromatic N) is 3. The fourth-order valence-electron chi connectivity index (χ4n) is 2.70. The van der Waals surface area contributed by atoms with Crippen LogP contribution in [0, 0.1) is 10.1 Å². The van der Waals surface area contributed by atoms with Crippen molar-refractivity contribution in [2.45, 2.75) is 0 Å². The SMILES string of the molecule is O=[N+]([O-])c1ccc2nc(-c3ccccc3)nc(Nc3ccccc3)c2c1. The predicted molar refractivity (Wildman–Crippen MR) is 101 cm³/mol. The first-order valence-electron chi connectivity index (χ1n) is 8.04. The largest absolute Gasteiger partial charge is 0.340 e. The zero-order valence-electron chi connectivity index (χ0n) is 13.7. The van der Waals surface area contributed by atoms with Crippen molar-refractivity contribution in [3.63, 3.8) is 0 Å². The summed E-state index contributed by atoms with van der Waals surface area (Å²) in [6.07, 6.45) is 0. The summed E-state index contributed by atoms with van der Waals surface area (Å²) in [7, 11) is 0. The lowest BCUT2D eigenvalue weighted by Gasteiger charge is -2.11. The van der Waals surface area contributed by atoms with Crippen molar-refractivity contribution in [1.82, 2.24) is 9.97 Å². The Labute approximate surface area is 149 Å². The van der Waals surface area contributed by atoms with E-state index in [9.17, 15) is 10.1 Å². The highest BCUT2D eigenvalue weighted by Crippen LogP contribution is 2.29. The molecule has 0 radical (unpaired) electrons. The first kappa shape index (κ1) is 15.7. The van der Waals surface area contributed by atoms with E-state index >= 15 is 0 Å². The van der Waals surface area contributed by atoms with Crippen LogP contribution in [0.4, 0.5) is 17.2 Å². The summed E-state index contributed by atoms with van der Waals surface area (Å²) in [5, 5.41) is 15.0. The molecule has 0 fully saturated rings. The van der Waals surface area contributed by atoms with E-state index in [1.807, 2.05) is 60.7 Å². The zero-order chi connectivity index (χ0) is 17.9. The van der Waals surface area contributed by atoms with E-state index in [1.54, 1.807) is 6.07 Å². The molecular formula is C20H14N4O2. The molecule has 0 atom stereocenters. The quantitative estimate of drug-likeness (QED) is 0.419. The molecule has 4 aromatic rings. The predicted octanol–water partition coefficient (Wildman–Crippen LogP) is 4.95. The van der Waals surface area contributed by atoms with Gasteiger partial charge in [0.15, 0.2) is 5.82 Å². The van der Waals surface area contributed by atoms with Gasteiger partial charge in [0, 0.05) is 28.8 Å². The molecular weight excluding hydrogens is 328 g/mol. The molecule has 0 saturated heterocycles. The van der Waals surface area contributed by atoms with Crippen LogP contribution in [0.1, 0.15) is 0 Å². The van der Waals surface area contributed by atoms with Gasteiger partial charge in [0.1, 0.15) is 5.82 Å². The van der Waals surface area contributed by atoms with Crippen LogP contribution in [-0.2, 0) is 0 Å². The van der Waals surface area contributed by atoms with Gasteiger partial charge in [-0.1, -0.05) is 48.5 Å². The summed E-state index contributed by atoms with van der Waals surface area (Å²) in [4.78, 5) is 19.9. The molecule has 0 unspecified atom stereocenters. The van der Waals surface area contributed by atoms with Crippen LogP contribution >= 0.6 is 0 Å². The molecule has 4 rings (SSSR count). The highest BCUT2D eigenvalue weighted by molar-refractivity contribution is 5.93. The van der Waals surface area contributed by atoms with Crippen LogP contribution in [0.15, 0.2) is 78.9 Å². The third-order valence-electron chi connectivity index (χ3n) is 3.96. The highest BCUT2D eigenvalue weighted by atomic mass is 16.6. The van der Waals surface area contributed by atoms with Crippen molar-refractivity contribution >= 4 is 28.1 Å². The van der Waals surface area contributed by atoms with Crippen molar-refractivity contribution in [2.24, 2.45) is 0 Å². The fourth-order valence-corrected chi connectivity index (χ4v) is 2.70. The minimum Gasteiger partial charge on any atom is -0.340 e. The monoisotopic (exact) mass is 342 g/mol. The van der Waals surface area contributed by atoms with E-state index in [0.29, 0.717) is 22.5 Å². The average molecular weight is 342 g/mol. The molecule has 6 nitrogen and oxygen atoms in total. The number of para-hydroxylation sites is 1. The van der Waals surface area contributed by atoms with Crippen molar-refractivity contribution in [3.8, 4) is 11.4 Å². The Balaban J connectivity index is 1.91. The van der Waals surface area contributed by atoms with Gasteiger partial charge in [-0.25, -0.2) is 9.97 Å². The van der Waals surface area contributed by atoms with Gasteiger partial charge in [-0.05, 0) is 18.2 Å². The Kier molecular flexibility index (Phi) is 3.99. The van der Waals surface area contributed by atoms with Gasteiger partial charge in [0.05, 0.1) is 10.4 Å². The number of hydrogen-bond donors (Lipinski definition) is 1. The molecule has 0 aliphatic carbocycles. The molecule has 0 amide bonds. The zero-order valence-corrected chi connectivity index (χ0v) is 13.7. The summed E-state index contributed by atoms with van der Waals surface area (Å²) in [6.45, 7) is 0. The minimum atomic E-state index is -0.420. The van der Waals surface area contributed by atoms with E-state index in [0.717, 1.165) is 11.3 Å². The van der Waals surface area contributed by atoms with Gasteiger partial charge >= 0.3 is 0 Å². The maximum absolute atomic E-state index is 11.1. The average Bonchev–Trinajstić information content (AvgIpc) is 2.69. The number of benzene rings is 3. The Morgan fingerprint density at radius 2 is 1.54 bits per heavy atom. The first-order chi connectivity index (χ1) is 12.7. The standard InChI is InChI=1S/C20H14N4O2/c25-24(26)16-11-12-18-17(13-16)20(21-15-9-5-2-6-10-15)23-19(22-18)14-7-3-1-4-8-14/h1-13H,(H,21,22,23). The summed E-state index contributed by atoms with van der Waals surface area (Å²) in [5.41, 5.74) is 2.37. The summed E-state index contributed by atoms with van der Waals surface area (Å²) < 4.78 is 0. The molecule has 1 heterocycles. The van der Waals surface area contributed by atoms with Crippen molar-refractivity contribution in [2.75, 3.05) is 5.32 Å². The molecule has 0 saturated carbocycles. The highest BCUT2D eigenvalue weighted by Gasteiger charge is 2.14. The number of hydrogen-bond acceptors (Lipinski definition) is 5. The fraction of sp³-hybridized carbons (Fsp3) is 0. The topological polar surface area (TPSA) is 81.0 Å². The van der Waals surface area contributed by atoms with E-state index in [2.05, 4.69) is 15.3 Å². The number of fused-ring (bicyclic) bond motifs is 1. The minimum absolute atomic E-state index is 0.00433. The van der Waals surface area contributed by atoms with Crippen LogP contribution in [-0.4, -0.2) is 14.9 Å². The van der Waals surface area contributed by atoms with Gasteiger partial charge < -0.3 is 5.32 Å². The lowest BCUT2D eigenvalue weighted by molar-refractivity contribution is -0.384. The van der Waals surface area contributed by atoms with Gasteiger partial charge in [-0.3, -0.25) is 10.1 Å². The molecule has 6 heteroatoms. The van der Waals surface area contributed by atoms with Crippen LogP contribution in [0.2, 0.25) is 0 Å². The molecule has 1 N–H and O–H groups in total. The van der Waals surface area contributed by atoms with Crippen LogP contribution < -0.4 is 5.32 Å². The van der Waals surface area contributed by atoms with Gasteiger partial charge in [-0.2, -0.15) is 0 Å². The number of rotatable bonds is 4. The molecule has 26 heavy (non-hydrogen) atoms. The van der Waals surface area contributed by atoms with Crippen molar-refractivity contribution < 1.29 is 4.92 Å². The van der Waals surface area contributed by atoms with E-state index in [4.69, 9.17) is 0 Å². The van der Waals surface area contributed by atoms with Crippen molar-refractivity contribution in [1.29, 1.82) is 0 Å². The smallest absolute Gasteiger partial charge is 0.270 e. The van der Waals surface area contributed by atoms with E-state index in [-0.39, 0.29) is 5.69 Å². The lowest BCUT2D eigenvalue weighted by atomic mass is 10.1. The number of aromatic nitrogens is 2. The summed E-state index contributed by atoms with van der Waals surface area (Å²) >= 11 is 0. The Morgan fingerprint density at radius 3 is 2.23 bits per heavy atom. The first-order valence-corrected chi connectivity index (χ1v) is 8.04. The molecule has 0 spiro atoms. The van der Waals surface area contributed by atoms with Gasteiger partial charge in [-0.15, -0.1) is 0 Å². The molecule has 1 aromatic heterocycles. The van der Waals surface area contributed by atoms with Gasteiger partial charge in [0.2, 0.25) is 0 Å². The molecule has 0 aliphatic heterocycles. The summed E-state index contributed by atoms with van der Waals surface area (Å²) in [6, 6.07) is 23.8. The van der Waals surface area contributed by atoms with Crippen LogP contribution in [0.3, 0.4) is 0 Å². The Morgan fingerprint density at radius 1 is 0.846 bits per heavy atom. The lowest BCUT2D eigenvalue weighted by Crippen LogP contribution is -2.00. The number of nitrogens with one attached hydrogen (secondary N) is 1. The van der Waals surface area contributed by atoms with E-state index in [1.165, 1.54) is 12.1 Å². The molecule has 0 aliphatic rings. The molecule has 0 bridgehead atoms. The Bertz CT molecular complexity index is 1080. The summed E-state index contributed by atoms with van der Waals surface area (Å²) in [5.74, 6) is 1.09. The maximum atomic E-state index is 11.1. The molecule has 3 aromatic carbocycles. The molecule has 126 valence electrons. The third kappa shape index (κ3) is 3.08. The number of anilines is 2. The number of nitro benzene ring substituents is 1. The maximum Gasteiger partial charge on any atom is 0.270 e.